The summed E-state index contributed by atoms with van der Waals surface area (Å²) in [4.78, 5) is 2.40. The van der Waals surface area contributed by atoms with E-state index < -0.39 is 0 Å². The highest BCUT2D eigenvalue weighted by Gasteiger charge is 2.15. The summed E-state index contributed by atoms with van der Waals surface area (Å²) < 4.78 is 2.22. The van der Waals surface area contributed by atoms with Gasteiger partial charge in [0.15, 0.2) is 0 Å². The lowest BCUT2D eigenvalue weighted by atomic mass is 9.99. The van der Waals surface area contributed by atoms with E-state index in [-0.39, 0.29) is 0 Å². The van der Waals surface area contributed by atoms with Gasteiger partial charge in [-0.2, -0.15) is 0 Å². The first-order chi connectivity index (χ1) is 8.79. The Bertz CT molecular complexity index is 598. The number of rotatable bonds is 2. The van der Waals surface area contributed by atoms with Crippen LogP contribution in [0.3, 0.4) is 0 Å². The molecule has 2 nitrogen and oxygen atoms in total. The van der Waals surface area contributed by atoms with Crippen LogP contribution < -0.4 is 0 Å². The first-order valence-corrected chi connectivity index (χ1v) is 7.43. The minimum atomic E-state index is 0.965. The number of fused-ring (bicyclic) bond motifs is 1. The van der Waals surface area contributed by atoms with E-state index in [2.05, 4.69) is 69.0 Å². The van der Waals surface area contributed by atoms with E-state index in [4.69, 9.17) is 0 Å². The summed E-state index contributed by atoms with van der Waals surface area (Å²) in [6, 6.07) is 8.64. The maximum atomic E-state index is 3.52. The lowest BCUT2D eigenvalue weighted by Gasteiger charge is -2.23. The largest absolute Gasteiger partial charge is 0.350 e. The molecule has 0 atom stereocenters. The van der Waals surface area contributed by atoms with E-state index in [1.165, 1.54) is 22.0 Å². The van der Waals surface area contributed by atoms with Crippen molar-refractivity contribution in [2.75, 3.05) is 18.5 Å². The quantitative estimate of drug-likeness (QED) is 0.608. The summed E-state index contributed by atoms with van der Waals surface area (Å²) in [5.41, 5.74) is 5.18. The number of hydrogen-bond acceptors (Lipinski definition) is 1. The number of nitrogens with zero attached hydrogens (tertiary/aromatic N) is 2. The van der Waals surface area contributed by atoms with Crippen molar-refractivity contribution >= 4 is 32.4 Å². The molecule has 0 unspecified atom stereocenters. The number of aromatic nitrogens is 1. The molecule has 18 heavy (non-hydrogen) atoms. The normalized spacial score (nSPS) is 17.1. The van der Waals surface area contributed by atoms with E-state index >= 15 is 0 Å². The smallest absolute Gasteiger partial charge is 0.0545 e. The van der Waals surface area contributed by atoms with Crippen molar-refractivity contribution < 1.29 is 0 Å². The van der Waals surface area contributed by atoms with Crippen LogP contribution in [-0.2, 0) is 7.05 Å². The van der Waals surface area contributed by atoms with Gasteiger partial charge in [-0.15, -0.1) is 0 Å². The zero-order valence-electron chi connectivity index (χ0n) is 10.6. The Kier molecular flexibility index (Phi) is 3.27. The van der Waals surface area contributed by atoms with Crippen LogP contribution in [-0.4, -0.2) is 28.0 Å². The summed E-state index contributed by atoms with van der Waals surface area (Å²) in [6.45, 7) is 2.18. The highest BCUT2D eigenvalue weighted by atomic mass is 79.9. The second-order valence-corrected chi connectivity index (χ2v) is 5.35. The third-order valence-corrected chi connectivity index (χ3v) is 4.41. The zero-order chi connectivity index (χ0) is 12.5. The van der Waals surface area contributed by atoms with Gasteiger partial charge < -0.3 is 4.57 Å². The third-order valence-electron chi connectivity index (χ3n) is 3.71. The Balaban J connectivity index is 2.03. The zero-order valence-corrected chi connectivity index (χ0v) is 12.2. The maximum absolute atomic E-state index is 3.52. The van der Waals surface area contributed by atoms with Crippen molar-refractivity contribution in [3.05, 3.63) is 42.1 Å². The highest BCUT2D eigenvalue weighted by molar-refractivity contribution is 9.09. The molecule has 0 saturated heterocycles. The molecule has 0 radical (unpaired) electrons. The first-order valence-electron chi connectivity index (χ1n) is 6.31. The molecule has 0 spiro atoms. The van der Waals surface area contributed by atoms with E-state index in [1.54, 1.807) is 0 Å². The van der Waals surface area contributed by atoms with Crippen molar-refractivity contribution in [2.45, 2.75) is 6.42 Å². The molecule has 3 rings (SSSR count). The Hall–Kier alpha value is -1.06. The monoisotopic (exact) mass is 304 g/mol. The minimum Gasteiger partial charge on any atom is -0.350 e. The molecule has 1 aromatic carbocycles. The fourth-order valence-corrected chi connectivity index (χ4v) is 3.12. The molecule has 1 aromatic heterocycles. The fraction of sp³-hybridized carbons (Fsp3) is 0.333. The summed E-state index contributed by atoms with van der Waals surface area (Å²) in [5.74, 6) is 0. The Labute approximate surface area is 116 Å². The van der Waals surface area contributed by atoms with Crippen LogP contribution in [0.1, 0.15) is 12.0 Å². The van der Waals surface area contributed by atoms with Gasteiger partial charge in [-0.25, -0.2) is 0 Å². The Morgan fingerprint density at radius 3 is 2.83 bits per heavy atom. The number of hydrogen-bond donors (Lipinski definition) is 0. The molecule has 2 aromatic rings. The van der Waals surface area contributed by atoms with Crippen molar-refractivity contribution in [1.29, 1.82) is 0 Å². The molecule has 0 saturated carbocycles. The number of aryl methyl sites for hydroxylation is 1. The molecule has 0 N–H and O–H groups in total. The summed E-state index contributed by atoms with van der Waals surface area (Å²) in [5, 5.41) is 1.37. The van der Waals surface area contributed by atoms with Gasteiger partial charge in [-0.05, 0) is 18.1 Å². The Morgan fingerprint density at radius 2 is 2.11 bits per heavy atom. The molecule has 0 amide bonds. The predicted octanol–water partition coefficient (Wildman–Crippen LogP) is 3.62. The summed E-state index contributed by atoms with van der Waals surface area (Å²) in [7, 11) is 2.13. The van der Waals surface area contributed by atoms with E-state index in [9.17, 15) is 0 Å². The number of para-hydroxylation sites is 1. The average Bonchev–Trinajstić information content (AvgIpc) is 2.77. The fourth-order valence-electron chi connectivity index (χ4n) is 2.66. The van der Waals surface area contributed by atoms with E-state index in [0.29, 0.717) is 0 Å². The van der Waals surface area contributed by atoms with E-state index in [1.807, 2.05) is 0 Å². The number of alkyl halides is 1. The van der Waals surface area contributed by atoms with Gasteiger partial charge in [0.25, 0.3) is 0 Å². The molecule has 0 fully saturated rings. The topological polar surface area (TPSA) is 8.17 Å². The molecule has 94 valence electrons. The van der Waals surface area contributed by atoms with Crippen molar-refractivity contribution in [3.8, 4) is 0 Å². The van der Waals surface area contributed by atoms with E-state index in [0.717, 1.165) is 25.0 Å². The Morgan fingerprint density at radius 1 is 1.28 bits per heavy atom. The van der Waals surface area contributed by atoms with Crippen LogP contribution in [0, 0.1) is 0 Å². The van der Waals surface area contributed by atoms with Crippen LogP contribution in [0.4, 0.5) is 0 Å². The predicted molar refractivity (Wildman–Crippen MR) is 80.9 cm³/mol. The second-order valence-electron chi connectivity index (χ2n) is 4.85. The van der Waals surface area contributed by atoms with Crippen LogP contribution in [0.2, 0.25) is 0 Å². The molecule has 2 heterocycles. The van der Waals surface area contributed by atoms with Crippen LogP contribution in [0.5, 0.6) is 0 Å². The van der Waals surface area contributed by atoms with Gasteiger partial charge in [0.1, 0.15) is 0 Å². The van der Waals surface area contributed by atoms with Crippen molar-refractivity contribution in [2.24, 2.45) is 7.05 Å². The van der Waals surface area contributed by atoms with Gasteiger partial charge in [-0.3, -0.25) is 4.90 Å². The third kappa shape index (κ3) is 2.02. The standard InChI is InChI=1S/C15H17BrN2/c1-17-10-14(13-4-2-3-5-15(13)17)12-6-8-18(11-16)9-7-12/h2-6,10H,7-9,11H2,1H3. The minimum absolute atomic E-state index is 0.965. The maximum Gasteiger partial charge on any atom is 0.0545 e. The van der Waals surface area contributed by atoms with Gasteiger partial charge >= 0.3 is 0 Å². The highest BCUT2D eigenvalue weighted by Crippen LogP contribution is 2.30. The average molecular weight is 305 g/mol. The van der Waals surface area contributed by atoms with Gasteiger partial charge in [-0.1, -0.05) is 40.2 Å². The lowest BCUT2D eigenvalue weighted by molar-refractivity contribution is 0.358. The van der Waals surface area contributed by atoms with Gasteiger partial charge in [0.2, 0.25) is 0 Å². The molecule has 0 bridgehead atoms. The molecule has 1 aliphatic heterocycles. The molecule has 0 aliphatic carbocycles. The first kappa shape index (κ1) is 12.0. The summed E-state index contributed by atoms with van der Waals surface area (Å²) >= 11 is 3.52. The van der Waals surface area contributed by atoms with Gasteiger partial charge in [0, 0.05) is 42.8 Å². The van der Waals surface area contributed by atoms with Crippen LogP contribution in [0.25, 0.3) is 16.5 Å². The number of benzene rings is 1. The van der Waals surface area contributed by atoms with Crippen molar-refractivity contribution in [3.63, 3.8) is 0 Å². The summed E-state index contributed by atoms with van der Waals surface area (Å²) in [6.07, 6.45) is 5.77. The SMILES string of the molecule is Cn1cc(C2=CCN(CBr)CC2)c2ccccc21. The second kappa shape index (κ2) is 4.90. The van der Waals surface area contributed by atoms with Crippen LogP contribution in [0.15, 0.2) is 36.5 Å². The molecular weight excluding hydrogens is 288 g/mol. The van der Waals surface area contributed by atoms with Gasteiger partial charge in [0.05, 0.1) is 5.45 Å². The number of halogens is 1. The van der Waals surface area contributed by atoms with Crippen LogP contribution >= 0.6 is 15.9 Å². The lowest BCUT2D eigenvalue weighted by Crippen LogP contribution is -2.26. The van der Waals surface area contributed by atoms with Crippen molar-refractivity contribution in [1.82, 2.24) is 9.47 Å². The molecule has 3 heteroatoms. The molecular formula is C15H17BrN2. The molecule has 1 aliphatic rings.